The molecule has 0 aliphatic heterocycles. The molecule has 4 aromatic heterocycles. The molecule has 0 fully saturated rings. The molecule has 0 saturated carbocycles. The lowest BCUT2D eigenvalue weighted by molar-refractivity contribution is 0.770. The lowest BCUT2D eigenvalue weighted by atomic mass is 10.1. The number of hydrogen-bond acceptors (Lipinski definition) is 7. The van der Waals surface area contributed by atoms with Gasteiger partial charge in [0, 0.05) is 48.5 Å². The highest BCUT2D eigenvalue weighted by Crippen LogP contribution is 2.35. The monoisotopic (exact) mass is 459 g/mol. The second kappa shape index (κ2) is 8.51. The third-order valence-electron chi connectivity index (χ3n) is 5.27. The van der Waals surface area contributed by atoms with E-state index in [0.717, 1.165) is 34.3 Å². The molecule has 0 bridgehead atoms. The molecule has 0 unspecified atom stereocenters. The van der Waals surface area contributed by atoms with E-state index in [-0.39, 0.29) is 0 Å². The number of nitrogens with one attached hydrogen (secondary N) is 2. The van der Waals surface area contributed by atoms with Crippen LogP contribution in [0.2, 0.25) is 5.02 Å². The quantitative estimate of drug-likeness (QED) is 0.350. The van der Waals surface area contributed by atoms with Gasteiger partial charge in [0.25, 0.3) is 0 Å². The van der Waals surface area contributed by atoms with Crippen molar-refractivity contribution in [3.63, 3.8) is 0 Å². The molecule has 33 heavy (non-hydrogen) atoms. The molecular formula is C23H22ClN9. The van der Waals surface area contributed by atoms with Crippen LogP contribution in [0.3, 0.4) is 0 Å². The van der Waals surface area contributed by atoms with Crippen LogP contribution in [0.25, 0.3) is 33.5 Å². The predicted octanol–water partition coefficient (Wildman–Crippen LogP) is 4.01. The molecule has 10 heteroatoms. The van der Waals surface area contributed by atoms with Crippen LogP contribution in [0, 0.1) is 6.92 Å². The number of aromatic nitrogens is 7. The molecule has 4 heterocycles. The van der Waals surface area contributed by atoms with Gasteiger partial charge in [-0.1, -0.05) is 17.7 Å². The molecule has 0 spiro atoms. The Balaban J connectivity index is 1.54. The first-order valence-electron chi connectivity index (χ1n) is 10.4. The molecule has 5 rings (SSSR count). The molecule has 0 aliphatic rings. The van der Waals surface area contributed by atoms with Gasteiger partial charge >= 0.3 is 0 Å². The fourth-order valence-electron chi connectivity index (χ4n) is 3.70. The third-order valence-corrected chi connectivity index (χ3v) is 5.57. The number of benzene rings is 1. The maximum atomic E-state index is 6.50. The minimum absolute atomic E-state index is 0.298. The van der Waals surface area contributed by atoms with E-state index >= 15 is 0 Å². The Bertz CT molecular complexity index is 1450. The first-order chi connectivity index (χ1) is 16.0. The van der Waals surface area contributed by atoms with Gasteiger partial charge in [0.15, 0.2) is 11.6 Å². The number of nitrogen functional groups attached to an aromatic ring is 1. The van der Waals surface area contributed by atoms with Crippen LogP contribution in [-0.4, -0.2) is 41.5 Å². The summed E-state index contributed by atoms with van der Waals surface area (Å²) >= 11 is 6.50. The summed E-state index contributed by atoms with van der Waals surface area (Å²) in [4.78, 5) is 14.1. The van der Waals surface area contributed by atoms with Crippen molar-refractivity contribution in [2.75, 3.05) is 17.6 Å². The van der Waals surface area contributed by atoms with E-state index in [2.05, 4.69) is 30.6 Å². The van der Waals surface area contributed by atoms with Crippen LogP contribution in [0.4, 0.5) is 11.6 Å². The molecule has 1 aromatic carbocycles. The second-order valence-electron chi connectivity index (χ2n) is 7.77. The zero-order chi connectivity index (χ0) is 22.9. The first-order valence-corrected chi connectivity index (χ1v) is 10.8. The van der Waals surface area contributed by atoms with Crippen molar-refractivity contribution in [2.24, 2.45) is 7.05 Å². The number of aryl methyl sites for hydroxylation is 2. The van der Waals surface area contributed by atoms with Crippen molar-refractivity contribution < 1.29 is 0 Å². The Morgan fingerprint density at radius 2 is 2.00 bits per heavy atom. The van der Waals surface area contributed by atoms with E-state index in [1.165, 1.54) is 0 Å². The predicted molar refractivity (Wildman–Crippen MR) is 130 cm³/mol. The van der Waals surface area contributed by atoms with Crippen molar-refractivity contribution in [2.45, 2.75) is 13.3 Å². The standard InChI is InChI=1S/C23H22ClN9/c1-13-4-3-5-16(28-13)6-8-26-23-22(25)29-21(18-7-9-33(2)32-18)20(30-23)14-10-15-12-27-31-19(15)17(24)11-14/h3-5,7,9-12H,6,8H2,1-2H3,(H2,25,29)(H,26,30)(H,27,31). The highest BCUT2D eigenvalue weighted by atomic mass is 35.5. The molecule has 0 atom stereocenters. The van der Waals surface area contributed by atoms with Crippen molar-refractivity contribution in [3.05, 3.63) is 65.2 Å². The number of fused-ring (bicyclic) bond motifs is 1. The minimum atomic E-state index is 0.298. The van der Waals surface area contributed by atoms with Crippen LogP contribution in [0.15, 0.2) is 48.8 Å². The summed E-state index contributed by atoms with van der Waals surface area (Å²) in [5, 5.41) is 16.2. The Hall–Kier alpha value is -3.98. The Labute approximate surface area is 195 Å². The minimum Gasteiger partial charge on any atom is -0.381 e. The number of anilines is 2. The van der Waals surface area contributed by atoms with Gasteiger partial charge in [-0.15, -0.1) is 0 Å². The number of rotatable bonds is 6. The summed E-state index contributed by atoms with van der Waals surface area (Å²) in [5.41, 5.74) is 11.7. The van der Waals surface area contributed by atoms with Crippen molar-refractivity contribution in [1.82, 2.24) is 34.9 Å². The number of halogens is 1. The average Bonchev–Trinajstić information content (AvgIpc) is 3.44. The van der Waals surface area contributed by atoms with Crippen molar-refractivity contribution in [1.29, 1.82) is 0 Å². The lowest BCUT2D eigenvalue weighted by Crippen LogP contribution is -2.12. The van der Waals surface area contributed by atoms with Crippen molar-refractivity contribution >= 4 is 34.1 Å². The number of hydrogen-bond donors (Lipinski definition) is 3. The number of nitrogens with two attached hydrogens (primary N) is 1. The van der Waals surface area contributed by atoms with E-state index in [1.807, 2.05) is 56.6 Å². The van der Waals surface area contributed by atoms with Crippen LogP contribution >= 0.6 is 11.6 Å². The second-order valence-corrected chi connectivity index (χ2v) is 8.18. The zero-order valence-electron chi connectivity index (χ0n) is 18.2. The van der Waals surface area contributed by atoms with Crippen LogP contribution in [0.5, 0.6) is 0 Å². The highest BCUT2D eigenvalue weighted by Gasteiger charge is 2.19. The van der Waals surface area contributed by atoms with E-state index in [4.69, 9.17) is 22.3 Å². The smallest absolute Gasteiger partial charge is 0.169 e. The largest absolute Gasteiger partial charge is 0.381 e. The molecular weight excluding hydrogens is 438 g/mol. The Morgan fingerprint density at radius 1 is 1.12 bits per heavy atom. The van der Waals surface area contributed by atoms with Crippen molar-refractivity contribution in [3.8, 4) is 22.6 Å². The SMILES string of the molecule is Cc1cccc(CCNc2nc(-c3cc(Cl)c4[nH]ncc4c3)c(-c3ccn(C)n3)nc2N)n1. The summed E-state index contributed by atoms with van der Waals surface area (Å²) < 4.78 is 1.71. The average molecular weight is 460 g/mol. The number of pyridine rings is 1. The Kier molecular flexibility index (Phi) is 5.39. The molecule has 9 nitrogen and oxygen atoms in total. The van der Waals surface area contributed by atoms with Gasteiger partial charge in [0.1, 0.15) is 17.1 Å². The van der Waals surface area contributed by atoms with Gasteiger partial charge in [-0.3, -0.25) is 14.8 Å². The molecule has 4 N–H and O–H groups in total. The van der Waals surface area contributed by atoms with Gasteiger partial charge in [-0.05, 0) is 37.3 Å². The van der Waals surface area contributed by atoms with Crippen LogP contribution in [-0.2, 0) is 13.5 Å². The van der Waals surface area contributed by atoms with Gasteiger partial charge < -0.3 is 11.1 Å². The molecule has 0 aliphatic carbocycles. The zero-order valence-corrected chi connectivity index (χ0v) is 18.9. The fraction of sp³-hybridized carbons (Fsp3) is 0.174. The Morgan fingerprint density at radius 3 is 2.79 bits per heavy atom. The topological polar surface area (TPSA) is 123 Å². The first kappa shape index (κ1) is 20.9. The molecule has 0 saturated heterocycles. The maximum absolute atomic E-state index is 6.50. The number of aromatic amines is 1. The van der Waals surface area contributed by atoms with Crippen LogP contribution in [0.1, 0.15) is 11.4 Å². The molecule has 5 aromatic rings. The van der Waals surface area contributed by atoms with E-state index in [9.17, 15) is 0 Å². The summed E-state index contributed by atoms with van der Waals surface area (Å²) in [6, 6.07) is 11.7. The highest BCUT2D eigenvalue weighted by molar-refractivity contribution is 6.35. The molecule has 0 amide bonds. The lowest BCUT2D eigenvalue weighted by Gasteiger charge is -2.13. The van der Waals surface area contributed by atoms with Crippen LogP contribution < -0.4 is 11.1 Å². The third kappa shape index (κ3) is 4.22. The molecule has 166 valence electrons. The fourth-order valence-corrected chi connectivity index (χ4v) is 3.97. The van der Waals surface area contributed by atoms with E-state index in [1.54, 1.807) is 10.9 Å². The maximum Gasteiger partial charge on any atom is 0.169 e. The van der Waals surface area contributed by atoms with Gasteiger partial charge in [0.2, 0.25) is 0 Å². The normalized spacial score (nSPS) is 11.2. The van der Waals surface area contributed by atoms with Gasteiger partial charge in [-0.25, -0.2) is 9.97 Å². The van der Waals surface area contributed by atoms with Gasteiger partial charge in [-0.2, -0.15) is 10.2 Å². The number of H-pyrrole nitrogens is 1. The summed E-state index contributed by atoms with van der Waals surface area (Å²) in [7, 11) is 1.85. The van der Waals surface area contributed by atoms with E-state index < -0.39 is 0 Å². The summed E-state index contributed by atoms with van der Waals surface area (Å²) in [6.45, 7) is 2.59. The van der Waals surface area contributed by atoms with E-state index in [0.29, 0.717) is 40.3 Å². The summed E-state index contributed by atoms with van der Waals surface area (Å²) in [6.07, 6.45) is 4.31. The molecule has 0 radical (unpaired) electrons. The summed E-state index contributed by atoms with van der Waals surface area (Å²) in [5.74, 6) is 0.799. The number of nitrogens with zero attached hydrogens (tertiary/aromatic N) is 6. The van der Waals surface area contributed by atoms with Gasteiger partial charge in [0.05, 0.1) is 16.7 Å².